The van der Waals surface area contributed by atoms with E-state index < -0.39 is 0 Å². The molecular weight excluding hydrogens is 1140 g/mol. The molecule has 5 heterocycles. The Kier molecular flexibility index (Phi) is 18.7. The maximum atomic E-state index is 9.35. The van der Waals surface area contributed by atoms with E-state index in [1.165, 1.54) is 155 Å². The van der Waals surface area contributed by atoms with Crippen LogP contribution < -0.4 is 0 Å². The Bertz CT molecular complexity index is 4890. The summed E-state index contributed by atoms with van der Waals surface area (Å²) in [5.41, 5.74) is 16.6. The molecule has 0 atom stereocenters. The van der Waals surface area contributed by atoms with E-state index >= 15 is 0 Å². The number of hydrogen-bond donors (Lipinski definition) is 0. The normalized spacial score (nSPS) is 12.0. The van der Waals surface area contributed by atoms with Gasteiger partial charge in [0, 0.05) is 80.3 Å². The van der Waals surface area contributed by atoms with E-state index in [0.717, 1.165) is 64.1 Å². The highest BCUT2D eigenvalue weighted by Crippen LogP contribution is 2.43. The topological polar surface area (TPSA) is 90.5 Å². The first-order chi connectivity index (χ1) is 44.1. The van der Waals surface area contributed by atoms with E-state index in [0.29, 0.717) is 6.04 Å². The second kappa shape index (κ2) is 27.8. The van der Waals surface area contributed by atoms with Crippen molar-refractivity contribution >= 4 is 125 Å². The van der Waals surface area contributed by atoms with Gasteiger partial charge in [-0.2, -0.15) is 10.5 Å². The van der Waals surface area contributed by atoms with E-state index in [1.54, 1.807) is 34.8 Å². The van der Waals surface area contributed by atoms with Crippen LogP contribution in [0.25, 0.3) is 129 Å². The smallest absolute Gasteiger partial charge is 0.263 e. The van der Waals surface area contributed by atoms with E-state index in [4.69, 9.17) is 6.57 Å². The third-order valence-electron chi connectivity index (χ3n) is 17.8. The molecular formula is C81H73N7S2. The van der Waals surface area contributed by atoms with Crippen LogP contribution in [0.2, 0.25) is 0 Å². The van der Waals surface area contributed by atoms with Crippen molar-refractivity contribution in [3.8, 4) is 40.7 Å². The average molecular weight is 1210 g/mol. The summed E-state index contributed by atoms with van der Waals surface area (Å²) >= 11 is 3.10. The number of unbranched alkanes of at least 4 members (excludes halogenated alkanes) is 10. The Morgan fingerprint density at radius 2 is 0.844 bits per heavy atom. The molecule has 0 unspecified atom stereocenters. The highest BCUT2D eigenvalue weighted by molar-refractivity contribution is 7.14. The monoisotopic (exact) mass is 1210 g/mol. The van der Waals surface area contributed by atoms with Crippen molar-refractivity contribution in [2.24, 2.45) is 0 Å². The first-order valence-corrected chi connectivity index (χ1v) is 33.6. The highest BCUT2D eigenvalue weighted by Gasteiger charge is 2.23. The molecule has 0 spiro atoms. The maximum Gasteiger partial charge on any atom is 0.263 e. The molecule has 9 heteroatoms. The van der Waals surface area contributed by atoms with Crippen LogP contribution in [0.4, 0.5) is 0 Å². The van der Waals surface area contributed by atoms with Gasteiger partial charge < -0.3 is 13.7 Å². The van der Waals surface area contributed by atoms with Crippen LogP contribution in [0.1, 0.15) is 152 Å². The predicted octanol–water partition coefficient (Wildman–Crippen LogP) is 24.0. The largest absolute Gasteiger partial charge is 0.337 e. The number of aryl methyl sites for hydroxylation is 2. The van der Waals surface area contributed by atoms with Crippen LogP contribution in [0.5, 0.6) is 0 Å². The van der Waals surface area contributed by atoms with Gasteiger partial charge in [0.2, 0.25) is 0 Å². The molecule has 0 bridgehead atoms. The molecule has 0 N–H and O–H groups in total. The van der Waals surface area contributed by atoms with Gasteiger partial charge in [0.15, 0.2) is 0 Å². The molecule has 7 nitrogen and oxygen atoms in total. The minimum Gasteiger partial charge on any atom is -0.337 e. The first-order valence-electron chi connectivity index (χ1n) is 32.0. The Balaban J connectivity index is 0.978. The average Bonchev–Trinajstić information content (AvgIpc) is 1.57. The third-order valence-corrected chi connectivity index (χ3v) is 19.8. The standard InChI is InChI=1S/C81H73N7S2/c1-6-8-10-12-14-16-18-63(19-17-15-13-11-9-7-2)86-76-44-55(3)20-40-70(76)71-42-28-60(47-78(71)86)61-29-43-73-75-51-80-74(50-81(75)88(79(73)48-61)65-32-24-58(25-33-65)26-34-66-36-38-68(89-66)46-59(52-82)53-83)72-41-21-56(4)45-77(72)87(80)64-30-22-57(23-31-64)27-35-67-37-39-69(90-67)49-62(54-84)85-5/h20-51,63H,6-19H2,1-4H3/b34-26+,35-27+,62-49-. The van der Waals surface area contributed by atoms with Crippen molar-refractivity contribution < 1.29 is 0 Å². The minimum absolute atomic E-state index is 0.0785. The number of fused-ring (bicyclic) bond motifs is 9. The van der Waals surface area contributed by atoms with Crippen molar-refractivity contribution in [1.82, 2.24) is 13.7 Å². The molecule has 0 fully saturated rings. The first kappa shape index (κ1) is 60.5. The molecule has 7 aromatic carbocycles. The van der Waals surface area contributed by atoms with Crippen molar-refractivity contribution in [2.45, 2.75) is 124 Å². The Morgan fingerprint density at radius 3 is 1.33 bits per heavy atom. The number of aromatic nitrogens is 3. The number of nitrogens with zero attached hydrogens (tertiary/aromatic N) is 7. The number of thiophene rings is 2. The van der Waals surface area contributed by atoms with Crippen molar-refractivity contribution in [1.29, 1.82) is 15.8 Å². The van der Waals surface area contributed by atoms with Crippen LogP contribution in [-0.4, -0.2) is 13.7 Å². The van der Waals surface area contributed by atoms with E-state index in [-0.39, 0.29) is 11.3 Å². The molecule has 12 aromatic rings. The molecule has 444 valence electrons. The maximum absolute atomic E-state index is 9.35. The van der Waals surface area contributed by atoms with Gasteiger partial charge in [-0.15, -0.1) is 22.7 Å². The molecule has 0 aliphatic rings. The van der Waals surface area contributed by atoms with E-state index in [1.807, 2.05) is 42.5 Å². The minimum atomic E-state index is 0.0785. The van der Waals surface area contributed by atoms with Crippen molar-refractivity contribution in [3.05, 3.63) is 222 Å². The van der Waals surface area contributed by atoms with Gasteiger partial charge in [-0.1, -0.05) is 176 Å². The number of hydrogen-bond acceptors (Lipinski definition) is 5. The summed E-state index contributed by atoms with van der Waals surface area (Å²) in [4.78, 5) is 7.15. The molecule has 0 amide bonds. The highest BCUT2D eigenvalue weighted by atomic mass is 32.1. The summed E-state index contributed by atoms with van der Waals surface area (Å²) in [6, 6.07) is 65.0. The second-order valence-corrected chi connectivity index (χ2v) is 26.4. The Labute approximate surface area is 537 Å². The lowest BCUT2D eigenvalue weighted by atomic mass is 9.99. The van der Waals surface area contributed by atoms with Gasteiger partial charge >= 0.3 is 0 Å². The molecule has 12 rings (SSSR count). The van der Waals surface area contributed by atoms with Gasteiger partial charge in [0.25, 0.3) is 5.70 Å². The van der Waals surface area contributed by atoms with Gasteiger partial charge in [-0.05, 0) is 169 Å². The van der Waals surface area contributed by atoms with E-state index in [9.17, 15) is 15.8 Å². The van der Waals surface area contributed by atoms with Gasteiger partial charge in [-0.25, -0.2) is 10.1 Å². The van der Waals surface area contributed by atoms with Gasteiger partial charge in [-0.3, -0.25) is 0 Å². The number of nitriles is 3. The fraction of sp³-hybridized carbons (Fsp3) is 0.235. The Hall–Kier alpha value is -9.74. The molecule has 0 aliphatic carbocycles. The summed E-state index contributed by atoms with van der Waals surface area (Å²) in [6.07, 6.45) is 29.7. The Morgan fingerprint density at radius 1 is 0.433 bits per heavy atom. The quantitative estimate of drug-likeness (QED) is 0.0343. The fourth-order valence-corrected chi connectivity index (χ4v) is 14.9. The summed E-state index contributed by atoms with van der Waals surface area (Å²) in [7, 11) is 0. The molecule has 0 radical (unpaired) electrons. The van der Waals surface area contributed by atoms with Gasteiger partial charge in [0.05, 0.1) is 34.7 Å². The third kappa shape index (κ3) is 12.9. The fourth-order valence-electron chi connectivity index (χ4n) is 13.2. The summed E-state index contributed by atoms with van der Waals surface area (Å²) in [5.74, 6) is 0. The van der Waals surface area contributed by atoms with E-state index in [2.05, 4.69) is 204 Å². The predicted molar refractivity (Wildman–Crippen MR) is 384 cm³/mol. The number of rotatable bonds is 24. The zero-order valence-electron chi connectivity index (χ0n) is 51.9. The van der Waals surface area contributed by atoms with Crippen LogP contribution in [0.3, 0.4) is 0 Å². The van der Waals surface area contributed by atoms with Crippen LogP contribution in [0.15, 0.2) is 169 Å². The zero-order chi connectivity index (χ0) is 62.1. The lowest BCUT2D eigenvalue weighted by Crippen LogP contribution is -2.09. The summed E-state index contributed by atoms with van der Waals surface area (Å²) in [5, 5.41) is 35.4. The second-order valence-electron chi connectivity index (χ2n) is 24.1. The molecule has 0 aliphatic heterocycles. The molecule has 90 heavy (non-hydrogen) atoms. The lowest BCUT2D eigenvalue weighted by Gasteiger charge is -2.22. The SMILES string of the molecule is [C-]#[N+]/C(C#N)=C\c1ccc(/C=C/c2ccc(-n3c4cc(C)ccc4c4cc5c(cc43)c3ccc(-c4ccc6c7ccc(C)cc7n(C(CCCCCCCC)CCCCCCCC)c6c4)cc3n5-c3ccc(/C=C/c4ccc(C=C(C#N)C#N)s4)cc3)cc2)s1. The van der Waals surface area contributed by atoms with Crippen molar-refractivity contribution in [2.75, 3.05) is 0 Å². The molecule has 0 saturated carbocycles. The number of allylic oxidation sites excluding steroid dienone is 2. The van der Waals surface area contributed by atoms with Crippen LogP contribution in [0, 0.1) is 54.4 Å². The van der Waals surface area contributed by atoms with Crippen molar-refractivity contribution in [3.63, 3.8) is 0 Å². The lowest BCUT2D eigenvalue weighted by molar-refractivity contribution is 0.410. The van der Waals surface area contributed by atoms with Crippen LogP contribution >= 0.6 is 22.7 Å². The van der Waals surface area contributed by atoms with Gasteiger partial charge in [0.1, 0.15) is 17.7 Å². The number of benzene rings is 7. The summed E-state index contributed by atoms with van der Waals surface area (Å²) in [6.45, 7) is 16.3. The molecule has 0 saturated heterocycles. The molecule has 5 aromatic heterocycles. The summed E-state index contributed by atoms with van der Waals surface area (Å²) < 4.78 is 7.66. The van der Waals surface area contributed by atoms with Crippen LogP contribution in [-0.2, 0) is 0 Å². The zero-order valence-corrected chi connectivity index (χ0v) is 53.5.